The third-order valence-corrected chi connectivity index (χ3v) is 3.77. The Morgan fingerprint density at radius 2 is 1.67 bits per heavy atom. The van der Waals surface area contributed by atoms with Gasteiger partial charge in [-0.1, -0.05) is 30.3 Å². The van der Waals surface area contributed by atoms with Crippen LogP contribution in [0.2, 0.25) is 0 Å². The van der Waals surface area contributed by atoms with E-state index in [0.29, 0.717) is 5.69 Å². The molecule has 0 aliphatic rings. The predicted molar refractivity (Wildman–Crippen MR) is 91.7 cm³/mol. The van der Waals surface area contributed by atoms with Crippen LogP contribution in [0.4, 0.5) is 5.95 Å². The first kappa shape index (κ1) is 15.9. The first-order chi connectivity index (χ1) is 11.4. The summed E-state index contributed by atoms with van der Waals surface area (Å²) in [5.41, 5.74) is 4.15. The molecule has 2 aromatic heterocycles. The van der Waals surface area contributed by atoms with Crippen molar-refractivity contribution in [2.45, 2.75) is 27.7 Å². The third-order valence-electron chi connectivity index (χ3n) is 3.77. The average molecular weight is 322 g/mol. The van der Waals surface area contributed by atoms with Crippen LogP contribution in [0.3, 0.4) is 0 Å². The number of fused-ring (bicyclic) bond motifs is 1. The van der Waals surface area contributed by atoms with Gasteiger partial charge in [-0.2, -0.15) is 9.61 Å². The van der Waals surface area contributed by atoms with Crippen LogP contribution < -0.4 is 4.90 Å². The van der Waals surface area contributed by atoms with E-state index >= 15 is 0 Å². The van der Waals surface area contributed by atoms with Gasteiger partial charge >= 0.3 is 0 Å². The zero-order chi connectivity index (χ0) is 17.4. The first-order valence-electron chi connectivity index (χ1n) is 7.64. The van der Waals surface area contributed by atoms with Crippen molar-refractivity contribution in [1.29, 1.82) is 0 Å². The quantitative estimate of drug-likeness (QED) is 0.727. The largest absolute Gasteiger partial charge is 0.274 e. The number of anilines is 1. The van der Waals surface area contributed by atoms with Crippen LogP contribution in [0.25, 0.3) is 16.8 Å². The van der Waals surface area contributed by atoms with Crippen molar-refractivity contribution in [3.63, 3.8) is 0 Å². The van der Waals surface area contributed by atoms with Gasteiger partial charge in [-0.3, -0.25) is 9.59 Å². The van der Waals surface area contributed by atoms with E-state index in [-0.39, 0.29) is 5.95 Å². The molecule has 0 saturated carbocycles. The molecule has 0 spiro atoms. The molecule has 122 valence electrons. The van der Waals surface area contributed by atoms with E-state index in [2.05, 4.69) is 10.1 Å². The molecule has 0 radical (unpaired) electrons. The molecule has 6 heteroatoms. The number of carbonyl (C=O) groups is 2. The van der Waals surface area contributed by atoms with Crippen LogP contribution >= 0.6 is 0 Å². The average Bonchev–Trinajstić information content (AvgIpc) is 2.87. The van der Waals surface area contributed by atoms with Gasteiger partial charge in [0.15, 0.2) is 0 Å². The maximum absolute atomic E-state index is 12.0. The van der Waals surface area contributed by atoms with Gasteiger partial charge < -0.3 is 0 Å². The summed E-state index contributed by atoms with van der Waals surface area (Å²) < 4.78 is 1.58. The van der Waals surface area contributed by atoms with E-state index in [1.54, 1.807) is 4.52 Å². The standard InChI is InChI=1S/C18H18N4O2/c1-11-10-12(2)20-22-17(11)16(15-8-6-5-7-9-15)19-18(22)21(13(3)23)14(4)24/h5-10H,1-4H3. The molecule has 2 heterocycles. The van der Waals surface area contributed by atoms with E-state index in [1.807, 2.05) is 50.2 Å². The van der Waals surface area contributed by atoms with Crippen LogP contribution in [-0.2, 0) is 9.59 Å². The van der Waals surface area contributed by atoms with Crippen LogP contribution in [0, 0.1) is 13.8 Å². The van der Waals surface area contributed by atoms with Gasteiger partial charge in [-0.25, -0.2) is 9.88 Å². The molecular weight excluding hydrogens is 304 g/mol. The van der Waals surface area contributed by atoms with Crippen molar-refractivity contribution in [2.75, 3.05) is 4.90 Å². The van der Waals surface area contributed by atoms with Crippen molar-refractivity contribution < 1.29 is 9.59 Å². The lowest BCUT2D eigenvalue weighted by Gasteiger charge is -2.14. The molecule has 0 fully saturated rings. The summed E-state index contributed by atoms with van der Waals surface area (Å²) in [6.45, 7) is 6.51. The highest BCUT2D eigenvalue weighted by molar-refractivity contribution is 6.12. The van der Waals surface area contributed by atoms with Crippen LogP contribution in [0.15, 0.2) is 36.4 Å². The molecule has 0 aliphatic carbocycles. The highest BCUT2D eigenvalue weighted by Gasteiger charge is 2.25. The monoisotopic (exact) mass is 322 g/mol. The molecule has 0 atom stereocenters. The minimum atomic E-state index is -0.394. The smallest absolute Gasteiger partial charge is 0.241 e. The van der Waals surface area contributed by atoms with Crippen LogP contribution in [0.5, 0.6) is 0 Å². The Kier molecular flexibility index (Phi) is 3.89. The summed E-state index contributed by atoms with van der Waals surface area (Å²) in [7, 11) is 0. The number of hydrogen-bond acceptors (Lipinski definition) is 4. The molecule has 0 saturated heterocycles. The number of carbonyl (C=O) groups excluding carboxylic acids is 2. The van der Waals surface area contributed by atoms with Gasteiger partial charge in [0.25, 0.3) is 0 Å². The maximum atomic E-state index is 12.0. The number of aromatic nitrogens is 3. The van der Waals surface area contributed by atoms with Gasteiger partial charge in [-0.15, -0.1) is 0 Å². The fourth-order valence-corrected chi connectivity index (χ4v) is 2.86. The number of amides is 2. The second-order valence-electron chi connectivity index (χ2n) is 5.73. The normalized spacial score (nSPS) is 10.8. The summed E-state index contributed by atoms with van der Waals surface area (Å²) in [4.78, 5) is 29.6. The Morgan fingerprint density at radius 3 is 2.25 bits per heavy atom. The van der Waals surface area contributed by atoms with Crippen LogP contribution in [0.1, 0.15) is 25.1 Å². The number of rotatable bonds is 2. The van der Waals surface area contributed by atoms with Crippen LogP contribution in [-0.4, -0.2) is 26.4 Å². The Bertz CT molecular complexity index is 931. The number of hydrogen-bond donors (Lipinski definition) is 0. The molecule has 1 aromatic carbocycles. The summed E-state index contributed by atoms with van der Waals surface area (Å²) in [6.07, 6.45) is 0. The van der Waals surface area contributed by atoms with Crippen molar-refractivity contribution in [3.05, 3.63) is 47.7 Å². The van der Waals surface area contributed by atoms with Gasteiger partial charge in [0.2, 0.25) is 17.8 Å². The summed E-state index contributed by atoms with van der Waals surface area (Å²) >= 11 is 0. The number of imide groups is 1. The molecule has 0 N–H and O–H groups in total. The molecule has 3 rings (SSSR count). The lowest BCUT2D eigenvalue weighted by atomic mass is 10.1. The number of aryl methyl sites for hydroxylation is 2. The molecule has 2 amide bonds. The Hall–Kier alpha value is -3.02. The fourth-order valence-electron chi connectivity index (χ4n) is 2.86. The van der Waals surface area contributed by atoms with Crippen molar-refractivity contribution in [3.8, 4) is 11.3 Å². The molecule has 6 nitrogen and oxygen atoms in total. The summed E-state index contributed by atoms with van der Waals surface area (Å²) in [5, 5.41) is 4.48. The SMILES string of the molecule is CC(=O)N(C(C)=O)c1nc(-c2ccccc2)c2c(C)cc(C)nn12. The second kappa shape index (κ2) is 5.88. The van der Waals surface area contributed by atoms with E-state index < -0.39 is 11.8 Å². The lowest BCUT2D eigenvalue weighted by Crippen LogP contribution is -2.35. The zero-order valence-electron chi connectivity index (χ0n) is 14.1. The lowest BCUT2D eigenvalue weighted by molar-refractivity contribution is -0.124. The maximum Gasteiger partial charge on any atom is 0.241 e. The molecule has 24 heavy (non-hydrogen) atoms. The molecule has 3 aromatic rings. The van der Waals surface area contributed by atoms with Gasteiger partial charge in [0.1, 0.15) is 5.69 Å². The minimum absolute atomic E-state index is 0.218. The van der Waals surface area contributed by atoms with E-state index in [4.69, 9.17) is 0 Å². The van der Waals surface area contributed by atoms with E-state index in [9.17, 15) is 9.59 Å². The van der Waals surface area contributed by atoms with Crippen molar-refractivity contribution >= 4 is 23.3 Å². The minimum Gasteiger partial charge on any atom is -0.274 e. The third kappa shape index (κ3) is 2.56. The summed E-state index contributed by atoms with van der Waals surface area (Å²) in [6, 6.07) is 11.6. The van der Waals surface area contributed by atoms with E-state index in [0.717, 1.165) is 27.2 Å². The Labute approximate surface area is 139 Å². The van der Waals surface area contributed by atoms with Gasteiger partial charge in [-0.05, 0) is 25.5 Å². The number of nitrogens with zero attached hydrogens (tertiary/aromatic N) is 4. The Morgan fingerprint density at radius 1 is 1.04 bits per heavy atom. The first-order valence-corrected chi connectivity index (χ1v) is 7.64. The topological polar surface area (TPSA) is 67.6 Å². The molecule has 0 aliphatic heterocycles. The van der Waals surface area contributed by atoms with Gasteiger partial charge in [0.05, 0.1) is 11.2 Å². The highest BCUT2D eigenvalue weighted by Crippen LogP contribution is 2.30. The second-order valence-corrected chi connectivity index (χ2v) is 5.73. The summed E-state index contributed by atoms with van der Waals surface area (Å²) in [5.74, 6) is -0.569. The van der Waals surface area contributed by atoms with Crippen molar-refractivity contribution in [1.82, 2.24) is 14.6 Å². The fraction of sp³-hybridized carbons (Fsp3) is 0.222. The molecule has 0 unspecified atom stereocenters. The predicted octanol–water partition coefficient (Wildman–Crippen LogP) is 2.91. The molecular formula is C18H18N4O2. The van der Waals surface area contributed by atoms with Crippen molar-refractivity contribution in [2.24, 2.45) is 0 Å². The molecule has 0 bridgehead atoms. The van der Waals surface area contributed by atoms with Gasteiger partial charge in [0, 0.05) is 19.4 Å². The zero-order valence-corrected chi connectivity index (χ0v) is 14.1. The highest BCUT2D eigenvalue weighted by atomic mass is 16.2. The number of benzene rings is 1. The van der Waals surface area contributed by atoms with E-state index in [1.165, 1.54) is 13.8 Å². The Balaban J connectivity index is 2.39. The number of imidazole rings is 1.